The standard InChI is InChI=1S/C17H26N2O/c1-13(2)15-4-6-16(7-5-15)17(20)14(3)12-19-10-8-18-9-11-19/h4-7,13-14,18H,8-12H2,1-3H3. The fraction of sp³-hybridized carbons (Fsp3) is 0.588. The molecule has 1 aromatic rings. The number of hydrogen-bond acceptors (Lipinski definition) is 3. The maximum Gasteiger partial charge on any atom is 0.166 e. The second-order valence-corrected chi connectivity index (χ2v) is 6.09. The van der Waals surface area contributed by atoms with Crippen molar-refractivity contribution in [3.05, 3.63) is 35.4 Å². The summed E-state index contributed by atoms with van der Waals surface area (Å²) in [5, 5.41) is 3.34. The number of nitrogens with one attached hydrogen (secondary N) is 1. The molecule has 1 heterocycles. The number of rotatable bonds is 5. The van der Waals surface area contributed by atoms with E-state index in [1.165, 1.54) is 5.56 Å². The van der Waals surface area contributed by atoms with Gasteiger partial charge in [0.25, 0.3) is 0 Å². The number of benzene rings is 1. The number of Topliss-reactive ketones (excluding diaryl/α,β-unsaturated/α-hetero) is 1. The molecular weight excluding hydrogens is 248 g/mol. The molecule has 20 heavy (non-hydrogen) atoms. The molecule has 1 saturated heterocycles. The van der Waals surface area contributed by atoms with Crippen molar-refractivity contribution in [3.8, 4) is 0 Å². The molecule has 3 nitrogen and oxygen atoms in total. The van der Waals surface area contributed by atoms with Crippen molar-refractivity contribution in [1.82, 2.24) is 10.2 Å². The van der Waals surface area contributed by atoms with Gasteiger partial charge < -0.3 is 10.2 Å². The summed E-state index contributed by atoms with van der Waals surface area (Å²) >= 11 is 0. The molecule has 1 aliphatic heterocycles. The van der Waals surface area contributed by atoms with Crippen LogP contribution in [0.5, 0.6) is 0 Å². The third-order valence-electron chi connectivity index (χ3n) is 4.05. The summed E-state index contributed by atoms with van der Waals surface area (Å²) in [6, 6.07) is 8.11. The molecule has 0 bridgehead atoms. The summed E-state index contributed by atoms with van der Waals surface area (Å²) < 4.78 is 0. The highest BCUT2D eigenvalue weighted by Gasteiger charge is 2.19. The first kappa shape index (κ1) is 15.2. The zero-order valence-electron chi connectivity index (χ0n) is 12.9. The highest BCUT2D eigenvalue weighted by Crippen LogP contribution is 2.17. The van der Waals surface area contributed by atoms with Crippen LogP contribution in [0.2, 0.25) is 0 Å². The first-order valence-electron chi connectivity index (χ1n) is 7.65. The molecule has 0 spiro atoms. The molecule has 0 amide bonds. The van der Waals surface area contributed by atoms with Crippen LogP contribution in [-0.2, 0) is 0 Å². The van der Waals surface area contributed by atoms with Crippen LogP contribution in [0.15, 0.2) is 24.3 Å². The second kappa shape index (κ2) is 7.00. The fourth-order valence-corrected chi connectivity index (χ4v) is 2.68. The van der Waals surface area contributed by atoms with Gasteiger partial charge in [-0.15, -0.1) is 0 Å². The van der Waals surface area contributed by atoms with E-state index in [-0.39, 0.29) is 11.7 Å². The average Bonchev–Trinajstić information content (AvgIpc) is 2.47. The molecule has 1 aliphatic rings. The summed E-state index contributed by atoms with van der Waals surface area (Å²) in [4.78, 5) is 14.8. The van der Waals surface area contributed by atoms with Crippen molar-refractivity contribution in [2.75, 3.05) is 32.7 Å². The topological polar surface area (TPSA) is 32.3 Å². The molecule has 0 aromatic heterocycles. The van der Waals surface area contributed by atoms with Gasteiger partial charge >= 0.3 is 0 Å². The molecule has 3 heteroatoms. The lowest BCUT2D eigenvalue weighted by Gasteiger charge is -2.29. The number of nitrogens with zero attached hydrogens (tertiary/aromatic N) is 1. The maximum atomic E-state index is 12.5. The quantitative estimate of drug-likeness (QED) is 0.838. The van der Waals surface area contributed by atoms with E-state index in [1.54, 1.807) is 0 Å². The molecule has 0 saturated carbocycles. The minimum Gasteiger partial charge on any atom is -0.314 e. The van der Waals surface area contributed by atoms with Crippen LogP contribution in [0.1, 0.15) is 42.6 Å². The number of carbonyl (C=O) groups excluding carboxylic acids is 1. The van der Waals surface area contributed by atoms with Gasteiger partial charge in [0.1, 0.15) is 0 Å². The second-order valence-electron chi connectivity index (χ2n) is 6.09. The van der Waals surface area contributed by atoms with Crippen molar-refractivity contribution in [1.29, 1.82) is 0 Å². The van der Waals surface area contributed by atoms with E-state index in [4.69, 9.17) is 0 Å². The first-order chi connectivity index (χ1) is 9.58. The van der Waals surface area contributed by atoms with Gasteiger partial charge in [-0.2, -0.15) is 0 Å². The van der Waals surface area contributed by atoms with Crippen molar-refractivity contribution in [2.45, 2.75) is 26.7 Å². The minimum atomic E-state index is 0.0676. The Morgan fingerprint density at radius 2 is 1.75 bits per heavy atom. The van der Waals surface area contributed by atoms with E-state index < -0.39 is 0 Å². The number of carbonyl (C=O) groups is 1. The van der Waals surface area contributed by atoms with Crippen molar-refractivity contribution >= 4 is 5.78 Å². The lowest BCUT2D eigenvalue weighted by atomic mass is 9.95. The van der Waals surface area contributed by atoms with Crippen LogP contribution in [-0.4, -0.2) is 43.4 Å². The van der Waals surface area contributed by atoms with Gasteiger partial charge in [-0.05, 0) is 11.5 Å². The zero-order chi connectivity index (χ0) is 14.5. The van der Waals surface area contributed by atoms with E-state index in [9.17, 15) is 4.79 Å². The van der Waals surface area contributed by atoms with Crippen LogP contribution in [0.25, 0.3) is 0 Å². The Morgan fingerprint density at radius 1 is 1.15 bits per heavy atom. The minimum absolute atomic E-state index is 0.0676. The van der Waals surface area contributed by atoms with Crippen molar-refractivity contribution in [2.24, 2.45) is 5.92 Å². The Hall–Kier alpha value is -1.19. The lowest BCUT2D eigenvalue weighted by molar-refractivity contribution is 0.0887. The molecule has 1 atom stereocenters. The first-order valence-corrected chi connectivity index (χ1v) is 7.65. The van der Waals surface area contributed by atoms with Crippen LogP contribution in [0, 0.1) is 5.92 Å². The summed E-state index contributed by atoms with van der Waals surface area (Å²) in [6.07, 6.45) is 0. The number of piperazine rings is 1. The lowest BCUT2D eigenvalue weighted by Crippen LogP contribution is -2.45. The maximum absolute atomic E-state index is 12.5. The van der Waals surface area contributed by atoms with Crippen molar-refractivity contribution < 1.29 is 4.79 Å². The Kier molecular flexibility index (Phi) is 5.32. The molecule has 0 radical (unpaired) electrons. The average molecular weight is 274 g/mol. The van der Waals surface area contributed by atoms with E-state index in [0.29, 0.717) is 5.92 Å². The van der Waals surface area contributed by atoms with E-state index >= 15 is 0 Å². The Balaban J connectivity index is 1.95. The summed E-state index contributed by atoms with van der Waals surface area (Å²) in [7, 11) is 0. The SMILES string of the molecule is CC(CN1CCNCC1)C(=O)c1ccc(C(C)C)cc1. The molecule has 1 aromatic carbocycles. The van der Waals surface area contributed by atoms with E-state index in [0.717, 1.165) is 38.3 Å². The molecule has 1 fully saturated rings. The zero-order valence-corrected chi connectivity index (χ0v) is 12.9. The van der Waals surface area contributed by atoms with Gasteiger partial charge in [0.05, 0.1) is 0 Å². The Bertz CT molecular complexity index is 433. The Labute approximate surface area is 122 Å². The molecule has 2 rings (SSSR count). The van der Waals surface area contributed by atoms with Gasteiger partial charge in [-0.1, -0.05) is 45.0 Å². The highest BCUT2D eigenvalue weighted by atomic mass is 16.1. The molecule has 1 N–H and O–H groups in total. The van der Waals surface area contributed by atoms with Gasteiger partial charge in [0.15, 0.2) is 5.78 Å². The smallest absolute Gasteiger partial charge is 0.166 e. The largest absolute Gasteiger partial charge is 0.314 e. The van der Waals surface area contributed by atoms with Gasteiger partial charge in [-0.25, -0.2) is 0 Å². The van der Waals surface area contributed by atoms with Gasteiger partial charge in [0.2, 0.25) is 0 Å². The molecular formula is C17H26N2O. The summed E-state index contributed by atoms with van der Waals surface area (Å²) in [5.41, 5.74) is 2.13. The number of hydrogen-bond donors (Lipinski definition) is 1. The van der Waals surface area contributed by atoms with Crippen LogP contribution in [0.4, 0.5) is 0 Å². The van der Waals surface area contributed by atoms with E-state index in [2.05, 4.69) is 36.2 Å². The normalized spacial score (nSPS) is 18.2. The van der Waals surface area contributed by atoms with Crippen LogP contribution >= 0.6 is 0 Å². The summed E-state index contributed by atoms with van der Waals surface area (Å²) in [6.45, 7) is 11.4. The third-order valence-corrected chi connectivity index (χ3v) is 4.05. The predicted octanol–water partition coefficient (Wildman–Crippen LogP) is 2.53. The third kappa shape index (κ3) is 3.90. The predicted molar refractivity (Wildman–Crippen MR) is 83.3 cm³/mol. The highest BCUT2D eigenvalue weighted by molar-refractivity contribution is 5.97. The summed E-state index contributed by atoms with van der Waals surface area (Å²) in [5.74, 6) is 0.842. The monoisotopic (exact) mass is 274 g/mol. The van der Waals surface area contributed by atoms with Crippen LogP contribution in [0.3, 0.4) is 0 Å². The molecule has 1 unspecified atom stereocenters. The molecule has 110 valence electrons. The van der Waals surface area contributed by atoms with Crippen LogP contribution < -0.4 is 5.32 Å². The van der Waals surface area contributed by atoms with E-state index in [1.807, 2.05) is 19.1 Å². The fourth-order valence-electron chi connectivity index (χ4n) is 2.68. The van der Waals surface area contributed by atoms with Gasteiger partial charge in [0, 0.05) is 44.2 Å². The molecule has 0 aliphatic carbocycles. The Morgan fingerprint density at radius 3 is 2.30 bits per heavy atom. The van der Waals surface area contributed by atoms with Crippen molar-refractivity contribution in [3.63, 3.8) is 0 Å². The van der Waals surface area contributed by atoms with Gasteiger partial charge in [-0.3, -0.25) is 4.79 Å². The number of ketones is 1.